The van der Waals surface area contributed by atoms with Crippen molar-refractivity contribution < 1.29 is 9.90 Å². The normalized spacial score (nSPS) is 11.5. The third kappa shape index (κ3) is 2.99. The van der Waals surface area contributed by atoms with Crippen molar-refractivity contribution >= 4 is 11.7 Å². The molecule has 0 saturated heterocycles. The van der Waals surface area contributed by atoms with Crippen molar-refractivity contribution in [1.82, 2.24) is 4.98 Å². The molecule has 0 radical (unpaired) electrons. The summed E-state index contributed by atoms with van der Waals surface area (Å²) in [6.07, 6.45) is 7.55. The average molecular weight is 204 g/mol. The Kier molecular flexibility index (Phi) is 3.69. The molecule has 1 atom stereocenters. The smallest absolute Gasteiger partial charge is 0.354 e. The largest absolute Gasteiger partial charge is 0.477 e. The summed E-state index contributed by atoms with van der Waals surface area (Å²) >= 11 is 0. The number of carboxylic acids is 1. The van der Waals surface area contributed by atoms with E-state index in [1.54, 1.807) is 6.07 Å². The number of terminal acetylenes is 1. The second-order valence-corrected chi connectivity index (χ2v) is 3.01. The molecule has 1 heterocycles. The Morgan fingerprint density at radius 2 is 2.47 bits per heavy atom. The van der Waals surface area contributed by atoms with Gasteiger partial charge in [-0.15, -0.1) is 6.42 Å². The van der Waals surface area contributed by atoms with Crippen LogP contribution >= 0.6 is 0 Å². The van der Waals surface area contributed by atoms with E-state index >= 15 is 0 Å². The van der Waals surface area contributed by atoms with Gasteiger partial charge in [-0.3, -0.25) is 0 Å². The molecule has 78 valence electrons. The Labute approximate surface area is 88.3 Å². The van der Waals surface area contributed by atoms with Crippen LogP contribution in [0.15, 0.2) is 18.3 Å². The molecule has 1 aromatic heterocycles. The number of rotatable bonds is 4. The monoisotopic (exact) mass is 204 g/mol. The fourth-order valence-corrected chi connectivity index (χ4v) is 1.07. The highest BCUT2D eigenvalue weighted by Gasteiger charge is 2.05. The molecular weight excluding hydrogens is 192 g/mol. The highest BCUT2D eigenvalue weighted by Crippen LogP contribution is 2.08. The summed E-state index contributed by atoms with van der Waals surface area (Å²) < 4.78 is 0. The lowest BCUT2D eigenvalue weighted by molar-refractivity contribution is 0.0690. The molecule has 1 aromatic rings. The van der Waals surface area contributed by atoms with Crippen LogP contribution in [0.4, 0.5) is 5.69 Å². The number of hydrogen-bond donors (Lipinski definition) is 2. The highest BCUT2D eigenvalue weighted by atomic mass is 16.4. The predicted octanol–water partition coefficient (Wildman–Crippen LogP) is 1.60. The van der Waals surface area contributed by atoms with Crippen molar-refractivity contribution in [3.8, 4) is 12.3 Å². The number of nitrogens with zero attached hydrogens (tertiary/aromatic N) is 1. The van der Waals surface area contributed by atoms with Crippen LogP contribution in [-0.2, 0) is 0 Å². The van der Waals surface area contributed by atoms with E-state index in [2.05, 4.69) is 16.2 Å². The summed E-state index contributed by atoms with van der Waals surface area (Å²) in [6.45, 7) is 1.97. The lowest BCUT2D eigenvalue weighted by Gasteiger charge is -2.11. The quantitative estimate of drug-likeness (QED) is 0.731. The van der Waals surface area contributed by atoms with Gasteiger partial charge in [0.25, 0.3) is 0 Å². The average Bonchev–Trinajstić information content (AvgIpc) is 2.26. The summed E-state index contributed by atoms with van der Waals surface area (Å²) in [7, 11) is 0. The summed E-state index contributed by atoms with van der Waals surface area (Å²) in [4.78, 5) is 14.3. The van der Waals surface area contributed by atoms with Gasteiger partial charge in [0.15, 0.2) is 0 Å². The van der Waals surface area contributed by atoms with E-state index in [4.69, 9.17) is 11.5 Å². The number of carbonyl (C=O) groups is 1. The Morgan fingerprint density at radius 1 is 1.73 bits per heavy atom. The van der Waals surface area contributed by atoms with Gasteiger partial charge in [0.05, 0.1) is 17.9 Å². The lowest BCUT2D eigenvalue weighted by atomic mass is 10.2. The van der Waals surface area contributed by atoms with E-state index < -0.39 is 5.97 Å². The van der Waals surface area contributed by atoms with Crippen molar-refractivity contribution in [2.75, 3.05) is 5.32 Å². The van der Waals surface area contributed by atoms with Crippen LogP contribution in [0.2, 0.25) is 0 Å². The van der Waals surface area contributed by atoms with Crippen molar-refractivity contribution in [2.24, 2.45) is 0 Å². The highest BCUT2D eigenvalue weighted by molar-refractivity contribution is 5.85. The summed E-state index contributed by atoms with van der Waals surface area (Å²) in [5.41, 5.74) is 0.749. The minimum Gasteiger partial charge on any atom is -0.477 e. The van der Waals surface area contributed by atoms with Gasteiger partial charge in [0.1, 0.15) is 5.69 Å². The van der Waals surface area contributed by atoms with Crippen LogP contribution in [0, 0.1) is 12.3 Å². The first-order valence-electron chi connectivity index (χ1n) is 4.59. The van der Waals surface area contributed by atoms with E-state index in [0.29, 0.717) is 0 Å². The van der Waals surface area contributed by atoms with Crippen LogP contribution < -0.4 is 5.32 Å². The van der Waals surface area contributed by atoms with Gasteiger partial charge in [-0.1, -0.05) is 12.8 Å². The van der Waals surface area contributed by atoms with Crippen LogP contribution in [0.1, 0.15) is 23.8 Å². The molecule has 15 heavy (non-hydrogen) atoms. The molecule has 0 aliphatic heterocycles. The molecule has 0 aliphatic rings. The number of nitrogens with one attached hydrogen (secondary N) is 1. The minimum absolute atomic E-state index is 0.0225. The van der Waals surface area contributed by atoms with Crippen molar-refractivity contribution in [3.05, 3.63) is 24.0 Å². The zero-order valence-electron chi connectivity index (χ0n) is 8.40. The zero-order valence-corrected chi connectivity index (χ0v) is 8.40. The van der Waals surface area contributed by atoms with Crippen LogP contribution in [-0.4, -0.2) is 22.1 Å². The number of pyridine rings is 1. The Hall–Kier alpha value is -2.02. The molecule has 4 nitrogen and oxygen atoms in total. The molecular formula is C11H12N2O2. The third-order valence-corrected chi connectivity index (χ3v) is 1.93. The molecule has 1 rings (SSSR count). The Morgan fingerprint density at radius 3 is 2.87 bits per heavy atom. The first-order chi connectivity index (χ1) is 7.17. The van der Waals surface area contributed by atoms with Gasteiger partial charge in [-0.05, 0) is 18.6 Å². The maximum absolute atomic E-state index is 10.5. The van der Waals surface area contributed by atoms with Crippen LogP contribution in [0.5, 0.6) is 0 Å². The van der Waals surface area contributed by atoms with Gasteiger partial charge >= 0.3 is 5.97 Å². The first kappa shape index (κ1) is 11.1. The van der Waals surface area contributed by atoms with Gasteiger partial charge < -0.3 is 10.4 Å². The Bertz CT molecular complexity index is 379. The van der Waals surface area contributed by atoms with E-state index in [1.807, 2.05) is 6.92 Å². The van der Waals surface area contributed by atoms with Crippen molar-refractivity contribution in [2.45, 2.75) is 19.4 Å². The van der Waals surface area contributed by atoms with Gasteiger partial charge in [0.2, 0.25) is 0 Å². The molecule has 0 saturated carbocycles. The number of aromatic nitrogens is 1. The lowest BCUT2D eigenvalue weighted by Crippen LogP contribution is -2.15. The van der Waals surface area contributed by atoms with E-state index in [9.17, 15) is 4.79 Å². The summed E-state index contributed by atoms with van der Waals surface area (Å²) in [6, 6.07) is 3.03. The maximum Gasteiger partial charge on any atom is 0.354 e. The third-order valence-electron chi connectivity index (χ3n) is 1.93. The first-order valence-corrected chi connectivity index (χ1v) is 4.59. The molecule has 0 bridgehead atoms. The van der Waals surface area contributed by atoms with Crippen molar-refractivity contribution in [1.29, 1.82) is 0 Å². The van der Waals surface area contributed by atoms with Gasteiger partial charge in [0, 0.05) is 0 Å². The molecule has 2 N–H and O–H groups in total. The Balaban J connectivity index is 2.73. The maximum atomic E-state index is 10.5. The fourth-order valence-electron chi connectivity index (χ4n) is 1.07. The van der Waals surface area contributed by atoms with Gasteiger partial charge in [-0.2, -0.15) is 0 Å². The zero-order chi connectivity index (χ0) is 11.3. The molecule has 0 aromatic carbocycles. The van der Waals surface area contributed by atoms with E-state index in [0.717, 1.165) is 12.1 Å². The SMILES string of the molecule is C#CC(CC)Nc1ccc(C(=O)O)nc1. The predicted molar refractivity (Wildman–Crippen MR) is 57.7 cm³/mol. The number of hydrogen-bond acceptors (Lipinski definition) is 3. The van der Waals surface area contributed by atoms with Crippen LogP contribution in [0.3, 0.4) is 0 Å². The second kappa shape index (κ2) is 5.01. The summed E-state index contributed by atoms with van der Waals surface area (Å²) in [5, 5.41) is 11.7. The van der Waals surface area contributed by atoms with Crippen LogP contribution in [0.25, 0.3) is 0 Å². The van der Waals surface area contributed by atoms with Crippen molar-refractivity contribution in [3.63, 3.8) is 0 Å². The minimum atomic E-state index is -1.04. The topological polar surface area (TPSA) is 62.2 Å². The van der Waals surface area contributed by atoms with E-state index in [-0.39, 0.29) is 11.7 Å². The number of carboxylic acid groups (broad SMARTS) is 1. The summed E-state index contributed by atoms with van der Waals surface area (Å²) in [5.74, 6) is 1.55. The molecule has 4 heteroatoms. The molecule has 0 fully saturated rings. The standard InChI is InChI=1S/C11H12N2O2/c1-3-8(4-2)13-9-5-6-10(11(14)15)12-7-9/h1,5-8,13H,4H2,2H3,(H,14,15). The number of anilines is 1. The molecule has 0 amide bonds. The molecule has 0 aliphatic carbocycles. The molecule has 0 spiro atoms. The fraction of sp³-hybridized carbons (Fsp3) is 0.273. The number of aromatic carboxylic acids is 1. The van der Waals surface area contributed by atoms with Gasteiger partial charge in [-0.25, -0.2) is 9.78 Å². The van der Waals surface area contributed by atoms with E-state index in [1.165, 1.54) is 12.3 Å². The second-order valence-electron chi connectivity index (χ2n) is 3.01. The molecule has 1 unspecified atom stereocenters.